The van der Waals surface area contributed by atoms with Crippen LogP contribution in [0.4, 0.5) is 5.69 Å². The summed E-state index contributed by atoms with van der Waals surface area (Å²) in [6.07, 6.45) is 3.38. The zero-order chi connectivity index (χ0) is 19.5. The number of fused-ring (bicyclic) bond motifs is 5. The van der Waals surface area contributed by atoms with Crippen LogP contribution in [0.25, 0.3) is 27.8 Å². The number of nitrogens with zero attached hydrogens (tertiary/aromatic N) is 2. The van der Waals surface area contributed by atoms with Gasteiger partial charge in [-0.1, -0.05) is 23.8 Å². The molecule has 4 aromatic rings. The monoisotopic (exact) mass is 380 g/mol. The van der Waals surface area contributed by atoms with E-state index < -0.39 is 0 Å². The second-order valence-electron chi connectivity index (χ2n) is 7.45. The zero-order valence-corrected chi connectivity index (χ0v) is 15.7. The lowest BCUT2D eigenvalue weighted by Crippen LogP contribution is -2.13. The van der Waals surface area contributed by atoms with Gasteiger partial charge in [0.05, 0.1) is 16.5 Å². The first-order valence-corrected chi connectivity index (χ1v) is 9.59. The molecule has 140 valence electrons. The maximum Gasteiger partial charge on any atom is 0.230 e. The van der Waals surface area contributed by atoms with Crippen LogP contribution in [-0.4, -0.2) is 11.2 Å². The molecule has 0 spiro atoms. The molecule has 29 heavy (non-hydrogen) atoms. The molecule has 0 bridgehead atoms. The maximum atomic E-state index is 13.2. The minimum absolute atomic E-state index is 0.0735. The molecule has 0 radical (unpaired) electrons. The van der Waals surface area contributed by atoms with E-state index in [0.717, 1.165) is 46.7 Å². The molecular formula is C24H16N2O3. The molecule has 0 unspecified atom stereocenters. The summed E-state index contributed by atoms with van der Waals surface area (Å²) in [6, 6.07) is 15.2. The Labute approximate surface area is 166 Å². The molecule has 0 atom stereocenters. The van der Waals surface area contributed by atoms with Crippen LogP contribution < -0.4 is 10.2 Å². The SMILES string of the molecule is Cc1ccc2oc3nc4c(cc3c(=O)c2c1)C1=C(C=Nc2ccccc2O1)CC4. The topological polar surface area (TPSA) is 64.7 Å². The molecule has 5 heteroatoms. The third kappa shape index (κ3) is 2.44. The zero-order valence-electron chi connectivity index (χ0n) is 15.7. The van der Waals surface area contributed by atoms with Crippen molar-refractivity contribution in [3.05, 3.63) is 81.1 Å². The van der Waals surface area contributed by atoms with Crippen LogP contribution >= 0.6 is 0 Å². The number of benzene rings is 2. The third-order valence-electron chi connectivity index (χ3n) is 5.50. The van der Waals surface area contributed by atoms with Gasteiger partial charge in [0.1, 0.15) is 17.0 Å². The Hall–Kier alpha value is -3.73. The van der Waals surface area contributed by atoms with Crippen molar-refractivity contribution in [3.8, 4) is 5.75 Å². The van der Waals surface area contributed by atoms with Crippen LogP contribution in [0.2, 0.25) is 0 Å². The first-order valence-electron chi connectivity index (χ1n) is 9.59. The predicted octanol–water partition coefficient (Wildman–Crippen LogP) is 5.10. The predicted molar refractivity (Wildman–Crippen MR) is 113 cm³/mol. The Kier molecular flexibility index (Phi) is 3.29. The lowest BCUT2D eigenvalue weighted by atomic mass is 9.94. The lowest BCUT2D eigenvalue weighted by Gasteiger charge is -2.20. The van der Waals surface area contributed by atoms with Crippen molar-refractivity contribution in [1.82, 2.24) is 4.98 Å². The second-order valence-corrected chi connectivity index (χ2v) is 7.45. The molecule has 1 aliphatic heterocycles. The van der Waals surface area contributed by atoms with E-state index in [-0.39, 0.29) is 5.43 Å². The minimum atomic E-state index is -0.0735. The number of pyridine rings is 1. The van der Waals surface area contributed by atoms with E-state index in [9.17, 15) is 4.79 Å². The average molecular weight is 380 g/mol. The molecule has 2 aromatic heterocycles. The van der Waals surface area contributed by atoms with E-state index in [4.69, 9.17) is 14.1 Å². The number of ether oxygens (including phenoxy) is 1. The van der Waals surface area contributed by atoms with Crippen LogP contribution in [0.1, 0.15) is 23.2 Å². The summed E-state index contributed by atoms with van der Waals surface area (Å²) in [5.41, 5.74) is 5.38. The normalized spacial score (nSPS) is 14.9. The van der Waals surface area contributed by atoms with Crippen molar-refractivity contribution in [3.63, 3.8) is 0 Å². The number of rotatable bonds is 0. The summed E-state index contributed by atoms with van der Waals surface area (Å²) in [5.74, 6) is 1.42. The molecule has 0 N–H and O–H groups in total. The number of hydrogen-bond donors (Lipinski definition) is 0. The highest BCUT2D eigenvalue weighted by Gasteiger charge is 2.26. The summed E-state index contributed by atoms with van der Waals surface area (Å²) in [4.78, 5) is 22.4. The number of aryl methyl sites for hydroxylation is 2. The Morgan fingerprint density at radius 3 is 2.83 bits per heavy atom. The molecule has 0 fully saturated rings. The van der Waals surface area contributed by atoms with Gasteiger partial charge >= 0.3 is 0 Å². The first-order chi connectivity index (χ1) is 14.2. The van der Waals surface area contributed by atoms with E-state index in [2.05, 4.69) is 4.99 Å². The molecule has 0 saturated heterocycles. The molecular weight excluding hydrogens is 364 g/mol. The number of aromatic nitrogens is 1. The maximum absolute atomic E-state index is 13.2. The number of allylic oxidation sites excluding steroid dienone is 1. The van der Waals surface area contributed by atoms with Gasteiger partial charge in [-0.3, -0.25) is 9.79 Å². The summed E-state index contributed by atoms with van der Waals surface area (Å²) in [7, 11) is 0. The molecule has 1 aliphatic carbocycles. The van der Waals surface area contributed by atoms with Gasteiger partial charge in [0, 0.05) is 17.4 Å². The van der Waals surface area contributed by atoms with Gasteiger partial charge in [-0.2, -0.15) is 0 Å². The highest BCUT2D eigenvalue weighted by molar-refractivity contribution is 5.96. The van der Waals surface area contributed by atoms with E-state index >= 15 is 0 Å². The third-order valence-corrected chi connectivity index (χ3v) is 5.50. The highest BCUT2D eigenvalue weighted by Crippen LogP contribution is 2.39. The van der Waals surface area contributed by atoms with E-state index in [1.807, 2.05) is 61.7 Å². The standard InChI is InChI=1S/C24H16N2O3/c1-13-6-9-20-16(10-13)22(27)17-11-15-18(26-24(17)29-20)8-7-14-12-25-19-4-2-3-5-21(19)28-23(14)15/h2-6,9-12H,7-8H2,1H3. The van der Waals surface area contributed by atoms with E-state index in [0.29, 0.717) is 27.8 Å². The van der Waals surface area contributed by atoms with Gasteiger partial charge in [-0.05, 0) is 50.1 Å². The number of para-hydroxylation sites is 2. The smallest absolute Gasteiger partial charge is 0.230 e. The van der Waals surface area contributed by atoms with Crippen molar-refractivity contribution in [1.29, 1.82) is 0 Å². The molecule has 3 heterocycles. The molecule has 6 rings (SSSR count). The van der Waals surface area contributed by atoms with Crippen LogP contribution in [0.15, 0.2) is 68.3 Å². The van der Waals surface area contributed by atoms with Crippen molar-refractivity contribution < 1.29 is 9.15 Å². The molecule has 0 amide bonds. The number of hydrogen-bond acceptors (Lipinski definition) is 5. The fourth-order valence-electron chi connectivity index (χ4n) is 4.01. The van der Waals surface area contributed by atoms with Crippen LogP contribution in [0.5, 0.6) is 5.75 Å². The van der Waals surface area contributed by atoms with E-state index in [1.54, 1.807) is 0 Å². The van der Waals surface area contributed by atoms with E-state index in [1.165, 1.54) is 0 Å². The van der Waals surface area contributed by atoms with Gasteiger partial charge in [0.15, 0.2) is 5.75 Å². The van der Waals surface area contributed by atoms with Crippen molar-refractivity contribution in [2.75, 3.05) is 0 Å². The molecule has 2 aromatic carbocycles. The van der Waals surface area contributed by atoms with Gasteiger partial charge in [0.2, 0.25) is 11.1 Å². The van der Waals surface area contributed by atoms with Gasteiger partial charge in [-0.15, -0.1) is 0 Å². The Bertz CT molecular complexity index is 1460. The fourth-order valence-corrected chi connectivity index (χ4v) is 4.01. The summed E-state index contributed by atoms with van der Waals surface area (Å²) >= 11 is 0. The molecule has 2 aliphatic rings. The van der Waals surface area contributed by atoms with Crippen LogP contribution in [-0.2, 0) is 6.42 Å². The Morgan fingerprint density at radius 1 is 1.00 bits per heavy atom. The first kappa shape index (κ1) is 16.2. The quantitative estimate of drug-likeness (QED) is 0.398. The molecule has 0 saturated carbocycles. The second kappa shape index (κ2) is 5.88. The molecule has 5 nitrogen and oxygen atoms in total. The van der Waals surface area contributed by atoms with Crippen LogP contribution in [0.3, 0.4) is 0 Å². The summed E-state index contributed by atoms with van der Waals surface area (Å²) in [6.45, 7) is 1.96. The largest absolute Gasteiger partial charge is 0.454 e. The highest BCUT2D eigenvalue weighted by atomic mass is 16.5. The van der Waals surface area contributed by atoms with Crippen molar-refractivity contribution in [2.45, 2.75) is 19.8 Å². The number of aliphatic imine (C=N–C) groups is 1. The van der Waals surface area contributed by atoms with Gasteiger partial charge in [-0.25, -0.2) is 4.98 Å². The Morgan fingerprint density at radius 2 is 1.90 bits per heavy atom. The summed E-state index contributed by atoms with van der Waals surface area (Å²) < 4.78 is 12.2. The van der Waals surface area contributed by atoms with Crippen molar-refractivity contribution >= 4 is 39.7 Å². The van der Waals surface area contributed by atoms with Gasteiger partial charge < -0.3 is 9.15 Å². The Balaban J connectivity index is 1.61. The summed E-state index contributed by atoms with van der Waals surface area (Å²) in [5, 5.41) is 1.03. The van der Waals surface area contributed by atoms with Crippen LogP contribution in [0, 0.1) is 6.92 Å². The fraction of sp³-hybridized carbons (Fsp3) is 0.125. The minimum Gasteiger partial charge on any atom is -0.454 e. The average Bonchev–Trinajstić information content (AvgIpc) is 2.93. The van der Waals surface area contributed by atoms with Gasteiger partial charge in [0.25, 0.3) is 0 Å². The lowest BCUT2D eigenvalue weighted by molar-refractivity contribution is 0.508. The van der Waals surface area contributed by atoms with Crippen molar-refractivity contribution in [2.24, 2.45) is 4.99 Å².